The molecule has 0 radical (unpaired) electrons. The zero-order chi connectivity index (χ0) is 13.5. The summed E-state index contributed by atoms with van der Waals surface area (Å²) in [7, 11) is 1.65. The molecule has 0 rings (SSSR count). The van der Waals surface area contributed by atoms with Gasteiger partial charge in [0.2, 0.25) is 5.91 Å². The van der Waals surface area contributed by atoms with E-state index in [0.29, 0.717) is 19.1 Å². The number of nitrogens with two attached hydrogens (primary N) is 1. The van der Waals surface area contributed by atoms with Gasteiger partial charge < -0.3 is 15.8 Å². The number of ether oxygens (including phenoxy) is 1. The lowest BCUT2D eigenvalue weighted by Crippen LogP contribution is -2.51. The van der Waals surface area contributed by atoms with Crippen LogP contribution < -0.4 is 11.1 Å². The molecule has 0 fully saturated rings. The van der Waals surface area contributed by atoms with Crippen molar-refractivity contribution in [1.29, 1.82) is 0 Å². The molecule has 0 bridgehead atoms. The molecule has 0 aliphatic rings. The summed E-state index contributed by atoms with van der Waals surface area (Å²) in [5, 5.41) is 3.07. The van der Waals surface area contributed by atoms with E-state index in [1.807, 2.05) is 13.8 Å². The first kappa shape index (κ1) is 16.4. The van der Waals surface area contributed by atoms with Crippen molar-refractivity contribution in [3.05, 3.63) is 0 Å². The summed E-state index contributed by atoms with van der Waals surface area (Å²) in [6.45, 7) is 9.10. The second kappa shape index (κ2) is 7.67. The van der Waals surface area contributed by atoms with Crippen LogP contribution in [-0.4, -0.2) is 32.2 Å². The Labute approximate surface area is 105 Å². The molecule has 102 valence electrons. The monoisotopic (exact) mass is 244 g/mol. The maximum Gasteiger partial charge on any atom is 0.227 e. The van der Waals surface area contributed by atoms with Crippen LogP contribution >= 0.6 is 0 Å². The molecule has 0 heterocycles. The van der Waals surface area contributed by atoms with Gasteiger partial charge in [0.05, 0.1) is 18.1 Å². The highest BCUT2D eigenvalue weighted by molar-refractivity contribution is 5.83. The zero-order valence-corrected chi connectivity index (χ0v) is 11.9. The molecular weight excluding hydrogens is 216 g/mol. The molecule has 4 heteroatoms. The van der Waals surface area contributed by atoms with Crippen molar-refractivity contribution in [2.75, 3.05) is 20.3 Å². The standard InChI is InChI=1S/C13H28N2O2/c1-6-13(7-2,9-14)12(16)15-11(8-17-5)10(3)4/h10-11H,6-9,14H2,1-5H3,(H,15,16). The first-order valence-electron chi connectivity index (χ1n) is 6.47. The highest BCUT2D eigenvalue weighted by Gasteiger charge is 2.34. The van der Waals surface area contributed by atoms with Crippen molar-refractivity contribution in [3.8, 4) is 0 Å². The topological polar surface area (TPSA) is 64.4 Å². The minimum Gasteiger partial charge on any atom is -0.383 e. The second-order valence-corrected chi connectivity index (χ2v) is 4.97. The number of carbonyl (C=O) groups is 1. The molecular formula is C13H28N2O2. The summed E-state index contributed by atoms with van der Waals surface area (Å²) in [5.74, 6) is 0.406. The predicted molar refractivity (Wildman–Crippen MR) is 70.7 cm³/mol. The van der Waals surface area contributed by atoms with E-state index in [1.165, 1.54) is 0 Å². The van der Waals surface area contributed by atoms with Crippen LogP contribution in [0.2, 0.25) is 0 Å². The Morgan fingerprint density at radius 1 is 1.35 bits per heavy atom. The average Bonchev–Trinajstić information content (AvgIpc) is 2.31. The van der Waals surface area contributed by atoms with Gasteiger partial charge in [-0.1, -0.05) is 27.7 Å². The minimum atomic E-state index is -0.430. The van der Waals surface area contributed by atoms with Gasteiger partial charge in [0.15, 0.2) is 0 Å². The molecule has 0 saturated carbocycles. The SMILES string of the molecule is CCC(CC)(CN)C(=O)NC(COC)C(C)C. The second-order valence-electron chi connectivity index (χ2n) is 4.97. The van der Waals surface area contributed by atoms with Gasteiger partial charge in [-0.3, -0.25) is 4.79 Å². The minimum absolute atomic E-state index is 0.0523. The maximum absolute atomic E-state index is 12.3. The van der Waals surface area contributed by atoms with Crippen LogP contribution in [0.25, 0.3) is 0 Å². The Bertz CT molecular complexity index is 217. The number of nitrogens with one attached hydrogen (secondary N) is 1. The fourth-order valence-corrected chi connectivity index (χ4v) is 1.85. The van der Waals surface area contributed by atoms with E-state index in [9.17, 15) is 4.79 Å². The molecule has 0 aromatic carbocycles. The first-order valence-corrected chi connectivity index (χ1v) is 6.47. The molecule has 0 aromatic rings. The van der Waals surface area contributed by atoms with E-state index in [4.69, 9.17) is 10.5 Å². The average molecular weight is 244 g/mol. The lowest BCUT2D eigenvalue weighted by Gasteiger charge is -2.32. The zero-order valence-electron chi connectivity index (χ0n) is 11.9. The summed E-state index contributed by atoms with van der Waals surface area (Å²) in [6, 6.07) is 0.0523. The summed E-state index contributed by atoms with van der Waals surface area (Å²) >= 11 is 0. The van der Waals surface area contributed by atoms with Crippen molar-refractivity contribution < 1.29 is 9.53 Å². The lowest BCUT2D eigenvalue weighted by atomic mass is 9.81. The molecule has 1 unspecified atom stereocenters. The Morgan fingerprint density at radius 2 is 1.88 bits per heavy atom. The first-order chi connectivity index (χ1) is 7.97. The maximum atomic E-state index is 12.3. The summed E-state index contributed by atoms with van der Waals surface area (Å²) < 4.78 is 5.13. The fourth-order valence-electron chi connectivity index (χ4n) is 1.85. The van der Waals surface area contributed by atoms with Gasteiger partial charge in [0.25, 0.3) is 0 Å². The van der Waals surface area contributed by atoms with Gasteiger partial charge >= 0.3 is 0 Å². The van der Waals surface area contributed by atoms with Crippen LogP contribution in [-0.2, 0) is 9.53 Å². The summed E-state index contributed by atoms with van der Waals surface area (Å²) in [4.78, 5) is 12.3. The normalized spacial score (nSPS) is 13.8. The van der Waals surface area contributed by atoms with Crippen molar-refractivity contribution in [2.45, 2.75) is 46.6 Å². The summed E-state index contributed by atoms with van der Waals surface area (Å²) in [6.07, 6.45) is 1.53. The Balaban J connectivity index is 4.67. The summed E-state index contributed by atoms with van der Waals surface area (Å²) in [5.41, 5.74) is 5.33. The van der Waals surface area contributed by atoms with E-state index in [2.05, 4.69) is 19.2 Å². The van der Waals surface area contributed by atoms with E-state index in [-0.39, 0.29) is 11.9 Å². The number of hydrogen-bond acceptors (Lipinski definition) is 3. The highest BCUT2D eigenvalue weighted by atomic mass is 16.5. The number of hydrogen-bond donors (Lipinski definition) is 2. The molecule has 1 amide bonds. The predicted octanol–water partition coefficient (Wildman–Crippen LogP) is 1.54. The van der Waals surface area contributed by atoms with Crippen LogP contribution in [0.1, 0.15) is 40.5 Å². The van der Waals surface area contributed by atoms with E-state index < -0.39 is 5.41 Å². The fraction of sp³-hybridized carbons (Fsp3) is 0.923. The van der Waals surface area contributed by atoms with Gasteiger partial charge in [-0.25, -0.2) is 0 Å². The molecule has 17 heavy (non-hydrogen) atoms. The van der Waals surface area contributed by atoms with Crippen LogP contribution in [0.4, 0.5) is 0 Å². The Kier molecular flexibility index (Phi) is 7.39. The van der Waals surface area contributed by atoms with Crippen LogP contribution in [0.5, 0.6) is 0 Å². The number of rotatable bonds is 8. The molecule has 0 aromatic heterocycles. The number of methoxy groups -OCH3 is 1. The van der Waals surface area contributed by atoms with Crippen molar-refractivity contribution in [2.24, 2.45) is 17.1 Å². The Morgan fingerprint density at radius 3 is 2.18 bits per heavy atom. The molecule has 0 aliphatic heterocycles. The van der Waals surface area contributed by atoms with E-state index >= 15 is 0 Å². The van der Waals surface area contributed by atoms with Crippen LogP contribution in [0.15, 0.2) is 0 Å². The smallest absolute Gasteiger partial charge is 0.227 e. The molecule has 4 nitrogen and oxygen atoms in total. The molecule has 1 atom stereocenters. The van der Waals surface area contributed by atoms with Crippen molar-refractivity contribution in [3.63, 3.8) is 0 Å². The number of carbonyl (C=O) groups excluding carboxylic acids is 1. The third-order valence-corrected chi connectivity index (χ3v) is 3.69. The molecule has 0 aliphatic carbocycles. The van der Waals surface area contributed by atoms with Gasteiger partial charge in [-0.2, -0.15) is 0 Å². The highest BCUT2D eigenvalue weighted by Crippen LogP contribution is 2.25. The molecule has 0 spiro atoms. The lowest BCUT2D eigenvalue weighted by molar-refractivity contribution is -0.132. The Hall–Kier alpha value is -0.610. The quantitative estimate of drug-likeness (QED) is 0.680. The van der Waals surface area contributed by atoms with E-state index in [1.54, 1.807) is 7.11 Å². The van der Waals surface area contributed by atoms with Gasteiger partial charge in [0, 0.05) is 13.7 Å². The van der Waals surface area contributed by atoms with Crippen LogP contribution in [0.3, 0.4) is 0 Å². The van der Waals surface area contributed by atoms with Gasteiger partial charge in [-0.05, 0) is 18.8 Å². The molecule has 0 saturated heterocycles. The van der Waals surface area contributed by atoms with Gasteiger partial charge in [-0.15, -0.1) is 0 Å². The third-order valence-electron chi connectivity index (χ3n) is 3.69. The molecule has 3 N–H and O–H groups in total. The van der Waals surface area contributed by atoms with Crippen molar-refractivity contribution >= 4 is 5.91 Å². The number of amides is 1. The third kappa shape index (κ3) is 4.28. The van der Waals surface area contributed by atoms with E-state index in [0.717, 1.165) is 12.8 Å². The van der Waals surface area contributed by atoms with Gasteiger partial charge in [0.1, 0.15) is 0 Å². The van der Waals surface area contributed by atoms with Crippen LogP contribution in [0, 0.1) is 11.3 Å². The van der Waals surface area contributed by atoms with Crippen molar-refractivity contribution in [1.82, 2.24) is 5.32 Å². The largest absolute Gasteiger partial charge is 0.383 e.